The second-order valence-corrected chi connectivity index (χ2v) is 5.25. The van der Waals surface area contributed by atoms with Gasteiger partial charge in [-0.1, -0.05) is 36.0 Å². The molecular formula is C15H14ClNOS. The Morgan fingerprint density at radius 1 is 1.16 bits per heavy atom. The highest BCUT2D eigenvalue weighted by Gasteiger charge is 2.12. The van der Waals surface area contributed by atoms with Crippen molar-refractivity contribution in [2.75, 3.05) is 0 Å². The molecule has 2 N–H and O–H groups in total. The molecule has 0 aliphatic carbocycles. The molecule has 0 aliphatic rings. The quantitative estimate of drug-likeness (QED) is 0.852. The van der Waals surface area contributed by atoms with Crippen molar-refractivity contribution >= 4 is 28.8 Å². The third-order valence-corrected chi connectivity index (χ3v) is 3.16. The summed E-state index contributed by atoms with van der Waals surface area (Å²) < 4.78 is 5.86. The molecule has 0 saturated heterocycles. The number of ether oxygens (including phenoxy) is 1. The second-order valence-electron chi connectivity index (χ2n) is 4.40. The van der Waals surface area contributed by atoms with Gasteiger partial charge in [0, 0.05) is 0 Å². The van der Waals surface area contributed by atoms with Crippen molar-refractivity contribution in [2.45, 2.75) is 13.8 Å². The summed E-state index contributed by atoms with van der Waals surface area (Å²) in [7, 11) is 0. The van der Waals surface area contributed by atoms with Gasteiger partial charge in [-0.2, -0.15) is 0 Å². The predicted molar refractivity (Wildman–Crippen MR) is 83.3 cm³/mol. The van der Waals surface area contributed by atoms with Crippen LogP contribution in [0.3, 0.4) is 0 Å². The van der Waals surface area contributed by atoms with E-state index < -0.39 is 0 Å². The summed E-state index contributed by atoms with van der Waals surface area (Å²) in [6.07, 6.45) is 0. The summed E-state index contributed by atoms with van der Waals surface area (Å²) in [6, 6.07) is 11.3. The minimum absolute atomic E-state index is 0.227. The zero-order chi connectivity index (χ0) is 14.0. The average Bonchev–Trinajstić information content (AvgIpc) is 2.26. The van der Waals surface area contributed by atoms with E-state index in [0.717, 1.165) is 16.9 Å². The SMILES string of the molecule is Cc1cc(C)cc(Oc2cccc(Cl)c2C(N)=S)c1. The molecule has 0 aromatic heterocycles. The van der Waals surface area contributed by atoms with Crippen LogP contribution < -0.4 is 10.5 Å². The number of rotatable bonds is 3. The third kappa shape index (κ3) is 3.25. The van der Waals surface area contributed by atoms with Gasteiger partial charge in [0.15, 0.2) is 0 Å². The van der Waals surface area contributed by atoms with E-state index in [-0.39, 0.29) is 4.99 Å². The molecule has 0 bridgehead atoms. The van der Waals surface area contributed by atoms with Gasteiger partial charge < -0.3 is 10.5 Å². The summed E-state index contributed by atoms with van der Waals surface area (Å²) in [6.45, 7) is 4.04. The van der Waals surface area contributed by atoms with Crippen molar-refractivity contribution in [2.24, 2.45) is 5.73 Å². The first-order valence-corrected chi connectivity index (χ1v) is 6.60. The van der Waals surface area contributed by atoms with Crippen LogP contribution in [-0.4, -0.2) is 4.99 Å². The van der Waals surface area contributed by atoms with Crippen molar-refractivity contribution in [3.63, 3.8) is 0 Å². The lowest BCUT2D eigenvalue weighted by molar-refractivity contribution is 0.481. The predicted octanol–water partition coefficient (Wildman–Crippen LogP) is 4.38. The standard InChI is InChI=1S/C15H14ClNOS/c1-9-6-10(2)8-11(7-9)18-13-5-3-4-12(16)14(13)15(17)19/h3-8H,1-2H3,(H2,17,19). The fraction of sp³-hybridized carbons (Fsp3) is 0.133. The van der Waals surface area contributed by atoms with Crippen LogP contribution in [0.25, 0.3) is 0 Å². The van der Waals surface area contributed by atoms with Crippen molar-refractivity contribution in [3.05, 3.63) is 58.1 Å². The van der Waals surface area contributed by atoms with Gasteiger partial charge in [-0.3, -0.25) is 0 Å². The highest BCUT2D eigenvalue weighted by Crippen LogP contribution is 2.31. The van der Waals surface area contributed by atoms with E-state index in [1.165, 1.54) is 0 Å². The van der Waals surface area contributed by atoms with Gasteiger partial charge in [0.2, 0.25) is 0 Å². The van der Waals surface area contributed by atoms with Gasteiger partial charge in [-0.05, 0) is 49.2 Å². The van der Waals surface area contributed by atoms with Crippen molar-refractivity contribution in [1.29, 1.82) is 0 Å². The van der Waals surface area contributed by atoms with Crippen LogP contribution in [0.15, 0.2) is 36.4 Å². The molecule has 0 fully saturated rings. The second kappa shape index (κ2) is 5.59. The normalized spacial score (nSPS) is 10.3. The summed E-state index contributed by atoms with van der Waals surface area (Å²) in [5, 5.41) is 0.495. The molecule has 0 amide bonds. The van der Waals surface area contributed by atoms with Gasteiger partial charge in [0.05, 0.1) is 10.6 Å². The molecule has 0 aliphatic heterocycles. The Kier molecular flexibility index (Phi) is 4.08. The van der Waals surface area contributed by atoms with Crippen LogP contribution >= 0.6 is 23.8 Å². The highest BCUT2D eigenvalue weighted by atomic mass is 35.5. The van der Waals surface area contributed by atoms with Gasteiger partial charge in [-0.15, -0.1) is 0 Å². The summed E-state index contributed by atoms with van der Waals surface area (Å²) >= 11 is 11.1. The van der Waals surface area contributed by atoms with E-state index in [4.69, 9.17) is 34.3 Å². The molecule has 2 rings (SSSR count). The van der Waals surface area contributed by atoms with Gasteiger partial charge in [-0.25, -0.2) is 0 Å². The molecule has 0 heterocycles. The third-order valence-electron chi connectivity index (χ3n) is 2.64. The maximum absolute atomic E-state index is 6.11. The van der Waals surface area contributed by atoms with Gasteiger partial charge in [0.1, 0.15) is 16.5 Å². The number of hydrogen-bond acceptors (Lipinski definition) is 2. The zero-order valence-electron chi connectivity index (χ0n) is 10.7. The summed E-state index contributed by atoms with van der Waals surface area (Å²) in [5.74, 6) is 1.32. The maximum atomic E-state index is 6.11. The number of thiocarbonyl (C=S) groups is 1. The van der Waals surface area contributed by atoms with Crippen molar-refractivity contribution in [1.82, 2.24) is 0 Å². The van der Waals surface area contributed by atoms with Crippen LogP contribution in [0.4, 0.5) is 0 Å². The molecule has 98 valence electrons. The molecule has 0 radical (unpaired) electrons. The minimum atomic E-state index is 0.227. The minimum Gasteiger partial charge on any atom is -0.457 e. The molecule has 19 heavy (non-hydrogen) atoms. The Bertz CT molecular complexity index is 620. The monoisotopic (exact) mass is 291 g/mol. The van der Waals surface area contributed by atoms with Crippen molar-refractivity contribution < 1.29 is 4.74 Å². The van der Waals surface area contributed by atoms with E-state index in [0.29, 0.717) is 16.3 Å². The van der Waals surface area contributed by atoms with Crippen LogP contribution in [0.5, 0.6) is 11.5 Å². The summed E-state index contributed by atoms with van der Waals surface area (Å²) in [4.78, 5) is 0.227. The largest absolute Gasteiger partial charge is 0.457 e. The van der Waals surface area contributed by atoms with Crippen LogP contribution in [0, 0.1) is 13.8 Å². The Morgan fingerprint density at radius 3 is 2.37 bits per heavy atom. The molecule has 2 aromatic carbocycles. The van der Waals surface area contributed by atoms with Gasteiger partial charge >= 0.3 is 0 Å². The Hall–Kier alpha value is -1.58. The molecule has 2 aromatic rings. The molecular weight excluding hydrogens is 278 g/mol. The topological polar surface area (TPSA) is 35.2 Å². The molecule has 0 saturated carbocycles. The lowest BCUT2D eigenvalue weighted by Crippen LogP contribution is -2.11. The van der Waals surface area contributed by atoms with E-state index in [1.54, 1.807) is 12.1 Å². The molecule has 0 spiro atoms. The Labute approximate surface area is 123 Å². The number of hydrogen-bond donors (Lipinski definition) is 1. The average molecular weight is 292 g/mol. The van der Waals surface area contributed by atoms with E-state index >= 15 is 0 Å². The molecule has 2 nitrogen and oxygen atoms in total. The van der Waals surface area contributed by atoms with Gasteiger partial charge in [0.25, 0.3) is 0 Å². The lowest BCUT2D eigenvalue weighted by atomic mass is 10.1. The molecule has 4 heteroatoms. The smallest absolute Gasteiger partial charge is 0.139 e. The first-order chi connectivity index (χ1) is 8.97. The van der Waals surface area contributed by atoms with Crippen LogP contribution in [-0.2, 0) is 0 Å². The Balaban J connectivity index is 2.43. The van der Waals surface area contributed by atoms with Crippen LogP contribution in [0.1, 0.15) is 16.7 Å². The fourth-order valence-electron chi connectivity index (χ4n) is 1.95. The molecule has 0 atom stereocenters. The summed E-state index contributed by atoms with van der Waals surface area (Å²) in [5.41, 5.74) is 8.53. The lowest BCUT2D eigenvalue weighted by Gasteiger charge is -2.12. The van der Waals surface area contributed by atoms with E-state index in [9.17, 15) is 0 Å². The number of aryl methyl sites for hydroxylation is 2. The van der Waals surface area contributed by atoms with Crippen molar-refractivity contribution in [3.8, 4) is 11.5 Å². The first kappa shape index (κ1) is 13.8. The molecule has 0 unspecified atom stereocenters. The Morgan fingerprint density at radius 2 is 1.79 bits per heavy atom. The zero-order valence-corrected chi connectivity index (χ0v) is 12.3. The first-order valence-electron chi connectivity index (χ1n) is 5.82. The number of benzene rings is 2. The highest BCUT2D eigenvalue weighted by molar-refractivity contribution is 7.80. The number of halogens is 1. The maximum Gasteiger partial charge on any atom is 0.139 e. The number of nitrogens with two attached hydrogens (primary N) is 1. The van der Waals surface area contributed by atoms with E-state index in [2.05, 4.69) is 6.07 Å². The fourth-order valence-corrected chi connectivity index (χ4v) is 2.48. The van der Waals surface area contributed by atoms with Crippen LogP contribution in [0.2, 0.25) is 5.02 Å². The van der Waals surface area contributed by atoms with E-state index in [1.807, 2.05) is 32.0 Å².